The number of nitrogens with zero attached hydrogens (tertiary/aromatic N) is 3. The fourth-order valence-corrected chi connectivity index (χ4v) is 3.66. The number of carbonyl (C=O) groups is 1. The monoisotopic (exact) mass is 455 g/mol. The fraction of sp³-hybridized carbons (Fsp3) is 0.174. The SMILES string of the molecule is Cc1cc(CNC(=O)c2ncnc3c(NCc4ccc(F)c(Cl)c4)cn(C)c23)ccc1F. The molecule has 1 amide bonds. The summed E-state index contributed by atoms with van der Waals surface area (Å²) in [5.74, 6) is -1.12. The third-order valence-electron chi connectivity index (χ3n) is 5.11. The zero-order valence-electron chi connectivity index (χ0n) is 17.4. The molecule has 0 saturated heterocycles. The summed E-state index contributed by atoms with van der Waals surface area (Å²) in [4.78, 5) is 21.3. The Hall–Kier alpha value is -3.52. The molecule has 0 spiro atoms. The summed E-state index contributed by atoms with van der Waals surface area (Å²) in [5, 5.41) is 6.13. The second-order valence-electron chi connectivity index (χ2n) is 7.44. The number of nitrogens with one attached hydrogen (secondary N) is 2. The molecule has 2 aromatic carbocycles. The van der Waals surface area contributed by atoms with Gasteiger partial charge in [0.15, 0.2) is 5.69 Å². The lowest BCUT2D eigenvalue weighted by atomic mass is 10.1. The van der Waals surface area contributed by atoms with Gasteiger partial charge in [0.2, 0.25) is 0 Å². The quantitative estimate of drug-likeness (QED) is 0.440. The van der Waals surface area contributed by atoms with Crippen molar-refractivity contribution in [3.8, 4) is 0 Å². The van der Waals surface area contributed by atoms with Gasteiger partial charge in [-0.15, -0.1) is 0 Å². The summed E-state index contributed by atoms with van der Waals surface area (Å²) in [6, 6.07) is 9.21. The third kappa shape index (κ3) is 4.40. The summed E-state index contributed by atoms with van der Waals surface area (Å²) in [5.41, 5.74) is 4.19. The van der Waals surface area contributed by atoms with Crippen molar-refractivity contribution < 1.29 is 13.6 Å². The van der Waals surface area contributed by atoms with Crippen LogP contribution in [0.1, 0.15) is 27.2 Å². The Balaban J connectivity index is 1.54. The van der Waals surface area contributed by atoms with E-state index in [2.05, 4.69) is 20.6 Å². The number of aryl methyl sites for hydroxylation is 2. The van der Waals surface area contributed by atoms with Gasteiger partial charge in [0.05, 0.1) is 10.7 Å². The molecule has 0 aliphatic carbocycles. The highest BCUT2D eigenvalue weighted by Crippen LogP contribution is 2.26. The molecular weight excluding hydrogens is 436 g/mol. The Morgan fingerprint density at radius 2 is 1.78 bits per heavy atom. The van der Waals surface area contributed by atoms with Crippen molar-refractivity contribution in [2.45, 2.75) is 20.0 Å². The highest BCUT2D eigenvalue weighted by molar-refractivity contribution is 6.30. The van der Waals surface area contributed by atoms with Crippen molar-refractivity contribution in [1.82, 2.24) is 19.9 Å². The molecule has 0 atom stereocenters. The molecule has 2 aromatic heterocycles. The van der Waals surface area contributed by atoms with Crippen LogP contribution in [0.4, 0.5) is 14.5 Å². The van der Waals surface area contributed by atoms with Crippen molar-refractivity contribution in [3.63, 3.8) is 0 Å². The van der Waals surface area contributed by atoms with E-state index < -0.39 is 5.82 Å². The van der Waals surface area contributed by atoms with E-state index in [0.717, 1.165) is 11.1 Å². The maximum Gasteiger partial charge on any atom is 0.272 e. The minimum absolute atomic E-state index is 0.0554. The molecule has 0 fully saturated rings. The second-order valence-corrected chi connectivity index (χ2v) is 7.85. The van der Waals surface area contributed by atoms with Gasteiger partial charge >= 0.3 is 0 Å². The van der Waals surface area contributed by atoms with Crippen LogP contribution < -0.4 is 10.6 Å². The van der Waals surface area contributed by atoms with Crippen molar-refractivity contribution >= 4 is 34.2 Å². The van der Waals surface area contributed by atoms with E-state index in [9.17, 15) is 13.6 Å². The van der Waals surface area contributed by atoms with Crippen LogP contribution in [0.25, 0.3) is 11.0 Å². The van der Waals surface area contributed by atoms with Crippen molar-refractivity contribution in [2.24, 2.45) is 7.05 Å². The Morgan fingerprint density at radius 3 is 2.50 bits per heavy atom. The van der Waals surface area contributed by atoms with Crippen molar-refractivity contribution in [2.75, 3.05) is 5.32 Å². The first-order valence-electron chi connectivity index (χ1n) is 9.84. The van der Waals surface area contributed by atoms with E-state index in [-0.39, 0.29) is 29.0 Å². The Bertz CT molecular complexity index is 1320. The van der Waals surface area contributed by atoms with Crippen LogP contribution in [-0.4, -0.2) is 20.4 Å². The zero-order chi connectivity index (χ0) is 22.8. The number of fused-ring (bicyclic) bond motifs is 1. The average Bonchev–Trinajstić information content (AvgIpc) is 3.11. The number of carbonyl (C=O) groups excluding carboxylic acids is 1. The standard InChI is InChI=1S/C23H20ClF2N5O/c1-13-7-14(3-5-17(13)25)10-28-23(32)21-22-20(29-12-30-21)19(11-31(22)2)27-9-15-4-6-18(26)16(24)8-15/h3-8,11-12,27H,9-10H2,1-2H3,(H,28,32). The first-order chi connectivity index (χ1) is 15.3. The lowest BCUT2D eigenvalue weighted by molar-refractivity contribution is 0.0947. The largest absolute Gasteiger partial charge is 0.378 e. The first kappa shape index (κ1) is 21.7. The summed E-state index contributed by atoms with van der Waals surface area (Å²) in [6.45, 7) is 2.31. The summed E-state index contributed by atoms with van der Waals surface area (Å²) < 4.78 is 28.6. The van der Waals surface area contributed by atoms with E-state index in [1.165, 1.54) is 18.5 Å². The minimum Gasteiger partial charge on any atom is -0.378 e. The van der Waals surface area contributed by atoms with Crippen LogP contribution in [0.15, 0.2) is 48.9 Å². The molecule has 9 heteroatoms. The van der Waals surface area contributed by atoms with Crippen LogP contribution in [0.5, 0.6) is 0 Å². The van der Waals surface area contributed by atoms with Gasteiger partial charge in [-0.2, -0.15) is 0 Å². The molecule has 0 aliphatic heterocycles. The van der Waals surface area contributed by atoms with E-state index in [1.807, 2.05) is 6.20 Å². The Labute approximate surface area is 188 Å². The van der Waals surface area contributed by atoms with Crippen LogP contribution in [0, 0.1) is 18.6 Å². The number of halogens is 3. The second kappa shape index (κ2) is 8.92. The predicted molar refractivity (Wildman–Crippen MR) is 120 cm³/mol. The zero-order valence-corrected chi connectivity index (χ0v) is 18.2. The number of anilines is 1. The molecule has 6 nitrogen and oxygen atoms in total. The number of benzene rings is 2. The number of hydrogen-bond donors (Lipinski definition) is 2. The first-order valence-corrected chi connectivity index (χ1v) is 10.2. The van der Waals surface area contributed by atoms with E-state index in [4.69, 9.17) is 11.6 Å². The maximum absolute atomic E-state index is 13.5. The van der Waals surface area contributed by atoms with Gasteiger partial charge in [-0.05, 0) is 41.8 Å². The van der Waals surface area contributed by atoms with E-state index in [1.54, 1.807) is 42.8 Å². The molecule has 2 N–H and O–H groups in total. The van der Waals surface area contributed by atoms with Crippen molar-refractivity contribution in [3.05, 3.63) is 88.0 Å². The van der Waals surface area contributed by atoms with Crippen molar-refractivity contribution in [1.29, 1.82) is 0 Å². The fourth-order valence-electron chi connectivity index (χ4n) is 3.45. The number of hydrogen-bond acceptors (Lipinski definition) is 4. The normalized spacial score (nSPS) is 11.0. The molecule has 0 saturated carbocycles. The summed E-state index contributed by atoms with van der Waals surface area (Å²) >= 11 is 5.85. The molecule has 0 unspecified atom stereocenters. The number of rotatable bonds is 6. The van der Waals surface area contributed by atoms with Crippen LogP contribution in [0.3, 0.4) is 0 Å². The number of amides is 1. The van der Waals surface area contributed by atoms with E-state index in [0.29, 0.717) is 28.8 Å². The van der Waals surface area contributed by atoms with Gasteiger partial charge in [0.25, 0.3) is 5.91 Å². The number of aromatic nitrogens is 3. The van der Waals surface area contributed by atoms with Gasteiger partial charge in [-0.25, -0.2) is 18.7 Å². The molecule has 0 radical (unpaired) electrons. The third-order valence-corrected chi connectivity index (χ3v) is 5.40. The Morgan fingerprint density at radius 1 is 1.06 bits per heavy atom. The van der Waals surface area contributed by atoms with E-state index >= 15 is 0 Å². The molecule has 4 aromatic rings. The lowest BCUT2D eigenvalue weighted by Gasteiger charge is -2.08. The van der Waals surface area contributed by atoms with Gasteiger partial charge in [0.1, 0.15) is 29.0 Å². The molecule has 0 bridgehead atoms. The molecule has 0 aliphatic rings. The van der Waals surface area contributed by atoms with Gasteiger partial charge in [-0.1, -0.05) is 29.8 Å². The van der Waals surface area contributed by atoms with Gasteiger partial charge in [-0.3, -0.25) is 4.79 Å². The summed E-state index contributed by atoms with van der Waals surface area (Å²) in [7, 11) is 1.80. The average molecular weight is 456 g/mol. The highest BCUT2D eigenvalue weighted by atomic mass is 35.5. The van der Waals surface area contributed by atoms with Crippen LogP contribution in [-0.2, 0) is 20.1 Å². The topological polar surface area (TPSA) is 71.8 Å². The highest BCUT2D eigenvalue weighted by Gasteiger charge is 2.18. The van der Waals surface area contributed by atoms with Crippen LogP contribution >= 0.6 is 11.6 Å². The predicted octanol–water partition coefficient (Wildman–Crippen LogP) is 4.75. The lowest BCUT2D eigenvalue weighted by Crippen LogP contribution is -2.24. The smallest absolute Gasteiger partial charge is 0.272 e. The Kier molecular flexibility index (Phi) is 6.05. The molecule has 2 heterocycles. The molecule has 32 heavy (non-hydrogen) atoms. The maximum atomic E-state index is 13.5. The van der Waals surface area contributed by atoms with Crippen LogP contribution in [0.2, 0.25) is 5.02 Å². The van der Waals surface area contributed by atoms with Gasteiger partial charge in [0, 0.05) is 26.3 Å². The minimum atomic E-state index is -0.472. The molecule has 164 valence electrons. The summed E-state index contributed by atoms with van der Waals surface area (Å²) in [6.07, 6.45) is 3.14. The molecular formula is C23H20ClF2N5O. The van der Waals surface area contributed by atoms with Gasteiger partial charge < -0.3 is 15.2 Å². The molecule has 4 rings (SSSR count).